The largest absolute Gasteiger partial charge is 0.508 e. The fourth-order valence-electron chi connectivity index (χ4n) is 0.831. The average molecular weight is 243 g/mol. The number of aliphatic hydroxyl groups is 2. The van der Waals surface area contributed by atoms with Gasteiger partial charge < -0.3 is 25.8 Å². The topological polar surface area (TPSA) is 95.9 Å². The van der Waals surface area contributed by atoms with Crippen molar-refractivity contribution in [2.45, 2.75) is 26.1 Å². The molecule has 0 bridgehead atoms. The Morgan fingerprint density at radius 1 is 1.24 bits per heavy atom. The zero-order valence-corrected chi connectivity index (χ0v) is 10.2. The van der Waals surface area contributed by atoms with Gasteiger partial charge in [-0.25, -0.2) is 0 Å². The monoisotopic (exact) mass is 243 g/mol. The van der Waals surface area contributed by atoms with E-state index in [1.165, 1.54) is 0 Å². The Morgan fingerprint density at radius 3 is 2.12 bits per heavy atom. The van der Waals surface area contributed by atoms with Crippen LogP contribution in [0.15, 0.2) is 24.3 Å². The van der Waals surface area contributed by atoms with Gasteiger partial charge in [0, 0.05) is 5.69 Å². The van der Waals surface area contributed by atoms with Gasteiger partial charge in [0.05, 0.1) is 25.4 Å². The minimum Gasteiger partial charge on any atom is -0.508 e. The highest BCUT2D eigenvalue weighted by Crippen LogP contribution is 2.09. The van der Waals surface area contributed by atoms with Gasteiger partial charge in [-0.2, -0.15) is 0 Å². The molecule has 2 atom stereocenters. The molecule has 0 aliphatic heterocycles. The zero-order chi connectivity index (χ0) is 13.3. The standard InChI is InChI=1S/C6H7NO.C6H14O3/c7-5-1-3-6(8)4-2-5;1-5(8)4-9-6(2)3-7/h1-4,8H,7H2;5-8H,3-4H2,1-2H3. The van der Waals surface area contributed by atoms with Crippen molar-refractivity contribution in [3.05, 3.63) is 24.3 Å². The molecule has 5 nitrogen and oxygen atoms in total. The van der Waals surface area contributed by atoms with Gasteiger partial charge in [-0.05, 0) is 38.1 Å². The lowest BCUT2D eigenvalue weighted by molar-refractivity contribution is -0.0177. The lowest BCUT2D eigenvalue weighted by atomic mass is 10.3. The van der Waals surface area contributed by atoms with Crippen molar-refractivity contribution < 1.29 is 20.1 Å². The number of anilines is 1. The Bertz CT molecular complexity index is 266. The molecule has 0 aliphatic carbocycles. The molecule has 5 N–H and O–H groups in total. The third-order valence-corrected chi connectivity index (χ3v) is 1.77. The highest BCUT2D eigenvalue weighted by atomic mass is 16.5. The summed E-state index contributed by atoms with van der Waals surface area (Å²) in [4.78, 5) is 0. The van der Waals surface area contributed by atoms with Crippen molar-refractivity contribution in [2.75, 3.05) is 18.9 Å². The van der Waals surface area contributed by atoms with E-state index in [4.69, 9.17) is 25.8 Å². The second-order valence-corrected chi connectivity index (χ2v) is 3.77. The van der Waals surface area contributed by atoms with Crippen molar-refractivity contribution in [1.82, 2.24) is 0 Å². The van der Waals surface area contributed by atoms with E-state index in [1.54, 1.807) is 38.1 Å². The molecule has 0 saturated heterocycles. The Kier molecular flexibility index (Phi) is 8.13. The van der Waals surface area contributed by atoms with Crippen LogP contribution in [0.3, 0.4) is 0 Å². The summed E-state index contributed by atoms with van der Waals surface area (Å²) in [7, 11) is 0. The Balaban J connectivity index is 0.000000302. The van der Waals surface area contributed by atoms with E-state index in [0.29, 0.717) is 12.3 Å². The van der Waals surface area contributed by atoms with E-state index in [9.17, 15) is 0 Å². The molecule has 1 aromatic rings. The van der Waals surface area contributed by atoms with Crippen LogP contribution in [0, 0.1) is 0 Å². The Morgan fingerprint density at radius 2 is 1.76 bits per heavy atom. The molecule has 0 aliphatic rings. The number of rotatable bonds is 4. The third-order valence-electron chi connectivity index (χ3n) is 1.77. The number of hydrogen-bond donors (Lipinski definition) is 4. The lowest BCUT2D eigenvalue weighted by Crippen LogP contribution is -2.19. The molecule has 17 heavy (non-hydrogen) atoms. The predicted octanol–water partition coefficient (Wildman–Crippen LogP) is 0.739. The first-order chi connectivity index (χ1) is 7.95. The summed E-state index contributed by atoms with van der Waals surface area (Å²) >= 11 is 0. The molecular formula is C12H21NO4. The number of phenols is 1. The van der Waals surface area contributed by atoms with Crippen LogP contribution in [-0.2, 0) is 4.74 Å². The molecule has 0 heterocycles. The van der Waals surface area contributed by atoms with Crippen LogP contribution >= 0.6 is 0 Å². The van der Waals surface area contributed by atoms with Crippen LogP contribution in [0.5, 0.6) is 5.75 Å². The van der Waals surface area contributed by atoms with Crippen LogP contribution in [0.1, 0.15) is 13.8 Å². The molecule has 0 amide bonds. The molecule has 0 fully saturated rings. The predicted molar refractivity (Wildman–Crippen MR) is 66.7 cm³/mol. The van der Waals surface area contributed by atoms with Crippen molar-refractivity contribution in [3.8, 4) is 5.75 Å². The first kappa shape index (κ1) is 15.7. The van der Waals surface area contributed by atoms with E-state index >= 15 is 0 Å². The maximum Gasteiger partial charge on any atom is 0.115 e. The van der Waals surface area contributed by atoms with Crippen LogP contribution in [0.4, 0.5) is 5.69 Å². The van der Waals surface area contributed by atoms with E-state index < -0.39 is 6.10 Å². The summed E-state index contributed by atoms with van der Waals surface area (Å²) in [6, 6.07) is 6.40. The Labute approximate surface area is 101 Å². The number of ether oxygens (including phenoxy) is 1. The number of aromatic hydroxyl groups is 1. The molecule has 1 rings (SSSR count). The van der Waals surface area contributed by atoms with Crippen LogP contribution in [-0.4, -0.2) is 40.7 Å². The molecule has 0 radical (unpaired) electrons. The highest BCUT2D eigenvalue weighted by molar-refractivity contribution is 5.40. The number of hydrogen-bond acceptors (Lipinski definition) is 5. The SMILES string of the molecule is CC(O)COC(C)CO.Nc1ccc(O)cc1. The fourth-order valence-corrected chi connectivity index (χ4v) is 0.831. The second-order valence-electron chi connectivity index (χ2n) is 3.77. The summed E-state index contributed by atoms with van der Waals surface area (Å²) < 4.78 is 4.95. The second kappa shape index (κ2) is 8.81. The molecular weight excluding hydrogens is 222 g/mol. The number of nitrogens with two attached hydrogens (primary N) is 1. The first-order valence-electron chi connectivity index (χ1n) is 5.40. The van der Waals surface area contributed by atoms with Crippen molar-refractivity contribution in [2.24, 2.45) is 0 Å². The normalized spacial score (nSPS) is 13.4. The molecule has 0 spiro atoms. The molecule has 0 aromatic heterocycles. The smallest absolute Gasteiger partial charge is 0.115 e. The van der Waals surface area contributed by atoms with E-state index in [-0.39, 0.29) is 18.5 Å². The summed E-state index contributed by atoms with van der Waals surface area (Å²) in [5, 5.41) is 25.8. The van der Waals surface area contributed by atoms with Gasteiger partial charge >= 0.3 is 0 Å². The minimum atomic E-state index is -0.445. The maximum atomic E-state index is 8.70. The van der Waals surface area contributed by atoms with Crippen molar-refractivity contribution in [1.29, 1.82) is 0 Å². The molecule has 2 unspecified atom stereocenters. The van der Waals surface area contributed by atoms with Gasteiger partial charge in [0.25, 0.3) is 0 Å². The number of aliphatic hydroxyl groups excluding tert-OH is 2. The lowest BCUT2D eigenvalue weighted by Gasteiger charge is -2.10. The van der Waals surface area contributed by atoms with Crippen molar-refractivity contribution >= 4 is 5.69 Å². The minimum absolute atomic E-state index is 0.00667. The van der Waals surface area contributed by atoms with Gasteiger partial charge in [0.1, 0.15) is 5.75 Å². The first-order valence-corrected chi connectivity index (χ1v) is 5.40. The number of benzene rings is 1. The average Bonchev–Trinajstić information content (AvgIpc) is 2.30. The van der Waals surface area contributed by atoms with Gasteiger partial charge in [-0.1, -0.05) is 0 Å². The summed E-state index contributed by atoms with van der Waals surface area (Å²) in [6.07, 6.45) is -0.612. The van der Waals surface area contributed by atoms with Gasteiger partial charge in [-0.3, -0.25) is 0 Å². The number of phenolic OH excluding ortho intramolecular Hbond substituents is 1. The number of nitrogen functional groups attached to an aromatic ring is 1. The summed E-state index contributed by atoms with van der Waals surface area (Å²) in [5.41, 5.74) is 5.98. The highest BCUT2D eigenvalue weighted by Gasteiger charge is 2.00. The van der Waals surface area contributed by atoms with Gasteiger partial charge in [-0.15, -0.1) is 0 Å². The van der Waals surface area contributed by atoms with Crippen molar-refractivity contribution in [3.63, 3.8) is 0 Å². The summed E-state index contributed by atoms with van der Waals surface area (Å²) in [6.45, 7) is 3.70. The fraction of sp³-hybridized carbons (Fsp3) is 0.500. The van der Waals surface area contributed by atoms with Crippen LogP contribution < -0.4 is 5.73 Å². The molecule has 1 aromatic carbocycles. The van der Waals surface area contributed by atoms with E-state index in [1.807, 2.05) is 0 Å². The van der Waals surface area contributed by atoms with E-state index in [0.717, 1.165) is 0 Å². The van der Waals surface area contributed by atoms with E-state index in [2.05, 4.69) is 0 Å². The summed E-state index contributed by atoms with van der Waals surface area (Å²) in [5.74, 6) is 0.249. The zero-order valence-electron chi connectivity index (χ0n) is 10.2. The van der Waals surface area contributed by atoms with Crippen LogP contribution in [0.2, 0.25) is 0 Å². The third kappa shape index (κ3) is 9.62. The molecule has 98 valence electrons. The quantitative estimate of drug-likeness (QED) is 0.462. The molecule has 0 saturated carbocycles. The van der Waals surface area contributed by atoms with Gasteiger partial charge in [0.2, 0.25) is 0 Å². The van der Waals surface area contributed by atoms with Crippen LogP contribution in [0.25, 0.3) is 0 Å². The maximum absolute atomic E-state index is 8.70. The Hall–Kier alpha value is -1.30. The molecule has 5 heteroatoms. The van der Waals surface area contributed by atoms with Gasteiger partial charge in [0.15, 0.2) is 0 Å².